The Labute approximate surface area is 207 Å². The lowest BCUT2D eigenvalue weighted by atomic mass is 9.81. The lowest BCUT2D eigenvalue weighted by molar-refractivity contribution is -0.133. The first-order chi connectivity index (χ1) is 17.1. The summed E-state index contributed by atoms with van der Waals surface area (Å²) in [6.45, 7) is 8.02. The van der Waals surface area contributed by atoms with Gasteiger partial charge in [0.2, 0.25) is 5.91 Å². The molecule has 1 aromatic carbocycles. The van der Waals surface area contributed by atoms with Crippen LogP contribution < -0.4 is 10.2 Å². The summed E-state index contributed by atoms with van der Waals surface area (Å²) in [6, 6.07) is 8.74. The van der Waals surface area contributed by atoms with Crippen molar-refractivity contribution in [1.82, 2.24) is 20.3 Å². The highest BCUT2D eigenvalue weighted by Gasteiger charge is 2.31. The Morgan fingerprint density at radius 2 is 1.80 bits per heavy atom. The number of aromatic nitrogens is 1. The van der Waals surface area contributed by atoms with Crippen LogP contribution in [0.4, 0.5) is 10.1 Å². The van der Waals surface area contributed by atoms with Crippen LogP contribution in [0.1, 0.15) is 43.6 Å². The minimum absolute atomic E-state index is 0.220. The minimum atomic E-state index is -0.220. The molecule has 2 aromatic rings. The number of amides is 1. The maximum absolute atomic E-state index is 13.2. The van der Waals surface area contributed by atoms with Crippen molar-refractivity contribution >= 4 is 11.6 Å². The molecule has 5 rings (SSSR count). The van der Waals surface area contributed by atoms with Gasteiger partial charge in [0.15, 0.2) is 5.76 Å². The fourth-order valence-corrected chi connectivity index (χ4v) is 5.84. The molecular weight excluding hydrogens is 445 g/mol. The van der Waals surface area contributed by atoms with Gasteiger partial charge < -0.3 is 19.6 Å². The van der Waals surface area contributed by atoms with E-state index in [9.17, 15) is 9.18 Å². The number of piperidine rings is 2. The van der Waals surface area contributed by atoms with Gasteiger partial charge >= 0.3 is 0 Å². The number of hydrogen-bond donors (Lipinski definition) is 1. The summed E-state index contributed by atoms with van der Waals surface area (Å²) < 4.78 is 18.9. The van der Waals surface area contributed by atoms with Crippen LogP contribution in [0.2, 0.25) is 0 Å². The second kappa shape index (κ2) is 11.5. The number of nitrogens with one attached hydrogen (secondary N) is 1. The normalized spacial score (nSPS) is 24.0. The average molecular weight is 484 g/mol. The van der Waals surface area contributed by atoms with Crippen molar-refractivity contribution < 1.29 is 13.7 Å². The molecule has 2 unspecified atom stereocenters. The molecule has 7 nitrogen and oxygen atoms in total. The molecule has 2 atom stereocenters. The molecule has 35 heavy (non-hydrogen) atoms. The van der Waals surface area contributed by atoms with E-state index >= 15 is 0 Å². The number of piperazine rings is 1. The van der Waals surface area contributed by atoms with E-state index in [1.54, 1.807) is 0 Å². The maximum Gasteiger partial charge on any atom is 0.222 e. The first-order valence-corrected chi connectivity index (χ1v) is 13.3. The third kappa shape index (κ3) is 6.41. The number of benzene rings is 1. The van der Waals surface area contributed by atoms with Crippen LogP contribution in [-0.4, -0.2) is 73.2 Å². The number of rotatable bonds is 7. The zero-order valence-corrected chi connectivity index (χ0v) is 20.6. The summed E-state index contributed by atoms with van der Waals surface area (Å²) in [6.07, 6.45) is 6.34. The highest BCUT2D eigenvalue weighted by atomic mass is 19.1. The molecule has 3 fully saturated rings. The molecule has 0 aliphatic carbocycles. The summed E-state index contributed by atoms with van der Waals surface area (Å²) in [5.41, 5.74) is 2.03. The highest BCUT2D eigenvalue weighted by Crippen LogP contribution is 2.28. The first kappa shape index (κ1) is 24.3. The Bertz CT molecular complexity index is 951. The molecular formula is C27H38FN5O2. The van der Waals surface area contributed by atoms with E-state index in [-0.39, 0.29) is 11.7 Å². The molecule has 4 heterocycles. The van der Waals surface area contributed by atoms with Gasteiger partial charge in [-0.2, -0.15) is 0 Å². The second-order valence-corrected chi connectivity index (χ2v) is 10.4. The van der Waals surface area contributed by atoms with Crippen molar-refractivity contribution in [3.8, 4) is 0 Å². The summed E-state index contributed by atoms with van der Waals surface area (Å²) in [5.74, 6) is 1.74. The Balaban J connectivity index is 1.11. The van der Waals surface area contributed by atoms with Gasteiger partial charge in [-0.15, -0.1) is 0 Å². The van der Waals surface area contributed by atoms with Crippen molar-refractivity contribution in [3.63, 3.8) is 0 Å². The number of hydrogen-bond acceptors (Lipinski definition) is 6. The van der Waals surface area contributed by atoms with E-state index in [4.69, 9.17) is 4.52 Å². The molecule has 3 aliphatic rings. The highest BCUT2D eigenvalue weighted by molar-refractivity contribution is 5.77. The zero-order valence-electron chi connectivity index (χ0n) is 20.6. The predicted molar refractivity (Wildman–Crippen MR) is 134 cm³/mol. The largest absolute Gasteiger partial charge is 0.368 e. The van der Waals surface area contributed by atoms with Gasteiger partial charge in [0.25, 0.3) is 0 Å². The summed E-state index contributed by atoms with van der Waals surface area (Å²) >= 11 is 0. The Hall–Kier alpha value is -2.45. The number of carbonyl (C=O) groups is 1. The van der Waals surface area contributed by atoms with Gasteiger partial charge in [0, 0.05) is 44.4 Å². The van der Waals surface area contributed by atoms with Crippen LogP contribution in [0.25, 0.3) is 0 Å². The van der Waals surface area contributed by atoms with Crippen LogP contribution in [0.3, 0.4) is 0 Å². The Morgan fingerprint density at radius 1 is 1.03 bits per heavy atom. The lowest BCUT2D eigenvalue weighted by Crippen LogP contribution is -2.50. The first-order valence-electron chi connectivity index (χ1n) is 13.3. The van der Waals surface area contributed by atoms with Gasteiger partial charge in [-0.05, 0) is 88.0 Å². The van der Waals surface area contributed by atoms with Crippen molar-refractivity contribution in [2.75, 3.05) is 57.3 Å². The van der Waals surface area contributed by atoms with Crippen LogP contribution in [-0.2, 0) is 17.8 Å². The topological polar surface area (TPSA) is 64.9 Å². The number of anilines is 1. The molecule has 0 saturated carbocycles. The van der Waals surface area contributed by atoms with Crippen LogP contribution >= 0.6 is 0 Å². The van der Waals surface area contributed by atoms with Crippen molar-refractivity contribution in [2.24, 2.45) is 11.8 Å². The van der Waals surface area contributed by atoms with Gasteiger partial charge in [-0.1, -0.05) is 11.6 Å². The van der Waals surface area contributed by atoms with E-state index in [0.717, 1.165) is 88.9 Å². The van der Waals surface area contributed by atoms with Gasteiger partial charge in [0.1, 0.15) is 5.82 Å². The number of likely N-dealkylation sites (tertiary alicyclic amines) is 1. The molecule has 0 spiro atoms. The second-order valence-electron chi connectivity index (χ2n) is 10.4. The molecule has 3 saturated heterocycles. The molecule has 3 aliphatic heterocycles. The molecule has 8 heteroatoms. The van der Waals surface area contributed by atoms with E-state index in [2.05, 4.69) is 26.3 Å². The van der Waals surface area contributed by atoms with Crippen LogP contribution in [0.15, 0.2) is 34.9 Å². The maximum atomic E-state index is 13.2. The smallest absolute Gasteiger partial charge is 0.222 e. The fraction of sp³-hybridized carbons (Fsp3) is 0.630. The standard InChI is InChI=1S/C27H38FN5O2/c28-23-4-6-25(7-5-23)32-12-14-33(15-13-32)27(34)17-21-8-9-29-19-22(21)16-24-18-26(35-30-24)20-31-10-2-1-3-11-31/h4-7,18,21-22,29H,1-3,8-17,19-20H2. The predicted octanol–water partition coefficient (Wildman–Crippen LogP) is 3.31. The molecule has 190 valence electrons. The molecule has 0 bridgehead atoms. The molecule has 1 N–H and O–H groups in total. The summed E-state index contributed by atoms with van der Waals surface area (Å²) in [5, 5.41) is 7.88. The number of halogens is 1. The van der Waals surface area contributed by atoms with Gasteiger partial charge in [-0.3, -0.25) is 9.69 Å². The average Bonchev–Trinajstić information content (AvgIpc) is 3.33. The van der Waals surface area contributed by atoms with E-state index in [1.165, 1.54) is 31.4 Å². The molecule has 1 aromatic heterocycles. The molecule has 0 radical (unpaired) electrons. The monoisotopic (exact) mass is 483 g/mol. The summed E-state index contributed by atoms with van der Waals surface area (Å²) in [4.78, 5) is 19.9. The van der Waals surface area contributed by atoms with Crippen LogP contribution in [0.5, 0.6) is 0 Å². The zero-order chi connectivity index (χ0) is 24.0. The third-order valence-electron chi connectivity index (χ3n) is 7.93. The van der Waals surface area contributed by atoms with Gasteiger partial charge in [0.05, 0.1) is 12.2 Å². The molecule has 1 amide bonds. The minimum Gasteiger partial charge on any atom is -0.368 e. The summed E-state index contributed by atoms with van der Waals surface area (Å²) in [7, 11) is 0. The fourth-order valence-electron chi connectivity index (χ4n) is 5.84. The Kier molecular flexibility index (Phi) is 7.99. The van der Waals surface area contributed by atoms with E-state index < -0.39 is 0 Å². The van der Waals surface area contributed by atoms with E-state index in [0.29, 0.717) is 18.3 Å². The lowest BCUT2D eigenvalue weighted by Gasteiger charge is -2.38. The van der Waals surface area contributed by atoms with Crippen molar-refractivity contribution in [1.29, 1.82) is 0 Å². The number of nitrogens with zero attached hydrogens (tertiary/aromatic N) is 4. The van der Waals surface area contributed by atoms with Crippen LogP contribution in [0, 0.1) is 17.7 Å². The van der Waals surface area contributed by atoms with Crippen molar-refractivity contribution in [3.05, 3.63) is 47.6 Å². The van der Waals surface area contributed by atoms with Gasteiger partial charge in [-0.25, -0.2) is 4.39 Å². The quantitative estimate of drug-likeness (QED) is 0.652. The van der Waals surface area contributed by atoms with E-state index in [1.807, 2.05) is 17.0 Å². The number of carbonyl (C=O) groups excluding carboxylic acids is 1. The third-order valence-corrected chi connectivity index (χ3v) is 7.93. The SMILES string of the molecule is O=C(CC1CCNCC1Cc1cc(CN2CCCCC2)on1)N1CCN(c2ccc(F)cc2)CC1. The Morgan fingerprint density at radius 3 is 2.57 bits per heavy atom. The van der Waals surface area contributed by atoms with Crippen molar-refractivity contribution in [2.45, 2.75) is 45.1 Å².